The molecule has 1 aromatic heterocycles. The number of hydrogen-bond acceptors (Lipinski definition) is 4. The Morgan fingerprint density at radius 1 is 1.52 bits per heavy atom. The monoisotopic (exact) mass is 395 g/mol. The van der Waals surface area contributed by atoms with E-state index < -0.39 is 5.97 Å². The molecule has 0 amide bonds. The van der Waals surface area contributed by atoms with Crippen molar-refractivity contribution in [2.24, 2.45) is 0 Å². The quantitative estimate of drug-likeness (QED) is 0.640. The summed E-state index contributed by atoms with van der Waals surface area (Å²) in [6.45, 7) is 2.03. The first-order chi connectivity index (χ1) is 10.0. The van der Waals surface area contributed by atoms with Gasteiger partial charge in [0.15, 0.2) is 5.69 Å². The fourth-order valence-electron chi connectivity index (χ4n) is 2.18. The Bertz CT molecular complexity index is 744. The third kappa shape index (κ3) is 2.74. The topological polar surface area (TPSA) is 81.0 Å². The van der Waals surface area contributed by atoms with Crippen molar-refractivity contribution < 1.29 is 9.53 Å². The second-order valence-electron chi connectivity index (χ2n) is 4.41. The highest BCUT2D eigenvalue weighted by molar-refractivity contribution is 14.1. The van der Waals surface area contributed by atoms with Gasteiger partial charge in [-0.25, -0.2) is 4.79 Å². The third-order valence-electron chi connectivity index (χ3n) is 3.23. The number of ether oxygens (including phenoxy) is 1. The van der Waals surface area contributed by atoms with Crippen LogP contribution in [0.15, 0.2) is 24.4 Å². The molecule has 2 rings (SSSR count). The highest BCUT2D eigenvalue weighted by atomic mass is 127. The molecule has 0 spiro atoms. The molecule has 0 unspecified atom stereocenters. The van der Waals surface area contributed by atoms with Gasteiger partial charge in [0.2, 0.25) is 0 Å². The highest BCUT2D eigenvalue weighted by Crippen LogP contribution is 2.27. The van der Waals surface area contributed by atoms with E-state index in [2.05, 4.69) is 22.6 Å². The summed E-state index contributed by atoms with van der Waals surface area (Å²) in [6, 6.07) is 7.89. The molecule has 5 nitrogen and oxygen atoms in total. The molecule has 2 aromatic rings. The maximum Gasteiger partial charge on any atom is 0.357 e. The smallest absolute Gasteiger partial charge is 0.357 e. The van der Waals surface area contributed by atoms with Gasteiger partial charge in [0, 0.05) is 15.5 Å². The van der Waals surface area contributed by atoms with Gasteiger partial charge < -0.3 is 15.0 Å². The predicted molar refractivity (Wildman–Crippen MR) is 88.3 cm³/mol. The van der Waals surface area contributed by atoms with Crippen molar-refractivity contribution in [1.82, 2.24) is 4.57 Å². The Hall–Kier alpha value is -2.01. The SMILES string of the molecule is CCc1cc(I)ccc1-n1cc(C#N)c(N)c1C(=O)OC. The van der Waals surface area contributed by atoms with Gasteiger partial charge in [-0.05, 0) is 52.8 Å². The average molecular weight is 395 g/mol. The van der Waals surface area contributed by atoms with Crippen LogP contribution in [0.4, 0.5) is 5.69 Å². The molecule has 0 saturated carbocycles. The lowest BCUT2D eigenvalue weighted by Crippen LogP contribution is -2.12. The molecule has 6 heteroatoms. The number of aromatic nitrogens is 1. The van der Waals surface area contributed by atoms with Crippen LogP contribution in [-0.2, 0) is 11.2 Å². The molecule has 2 N–H and O–H groups in total. The minimum atomic E-state index is -0.561. The van der Waals surface area contributed by atoms with Crippen LogP contribution in [0.2, 0.25) is 0 Å². The number of nitriles is 1. The van der Waals surface area contributed by atoms with E-state index in [1.54, 1.807) is 10.8 Å². The number of esters is 1. The summed E-state index contributed by atoms with van der Waals surface area (Å²) in [5.74, 6) is -0.561. The maximum absolute atomic E-state index is 12.0. The minimum Gasteiger partial charge on any atom is -0.464 e. The first kappa shape index (κ1) is 15.4. The first-order valence-electron chi connectivity index (χ1n) is 6.31. The molecule has 1 heterocycles. The van der Waals surface area contributed by atoms with E-state index in [9.17, 15) is 4.79 Å². The Balaban J connectivity index is 2.75. The van der Waals surface area contributed by atoms with Crippen LogP contribution in [-0.4, -0.2) is 17.6 Å². The lowest BCUT2D eigenvalue weighted by atomic mass is 10.1. The van der Waals surface area contributed by atoms with E-state index in [0.717, 1.165) is 21.2 Å². The number of methoxy groups -OCH3 is 1. The Kier molecular flexibility index (Phi) is 4.53. The second-order valence-corrected chi connectivity index (χ2v) is 5.65. The molecule has 0 radical (unpaired) electrons. The summed E-state index contributed by atoms with van der Waals surface area (Å²) in [4.78, 5) is 12.0. The van der Waals surface area contributed by atoms with Crippen LogP contribution in [0.5, 0.6) is 0 Å². The van der Waals surface area contributed by atoms with Crippen LogP contribution in [0.3, 0.4) is 0 Å². The van der Waals surface area contributed by atoms with Gasteiger partial charge in [-0.2, -0.15) is 5.26 Å². The van der Waals surface area contributed by atoms with Crippen molar-refractivity contribution in [3.8, 4) is 11.8 Å². The molecule has 21 heavy (non-hydrogen) atoms. The molecule has 0 saturated heterocycles. The number of carbonyl (C=O) groups excluding carboxylic acids is 1. The van der Waals surface area contributed by atoms with Crippen LogP contribution in [0.25, 0.3) is 5.69 Å². The van der Waals surface area contributed by atoms with Crippen LogP contribution < -0.4 is 5.73 Å². The number of nitrogens with zero attached hydrogens (tertiary/aromatic N) is 2. The molecular formula is C15H14IN3O2. The zero-order chi connectivity index (χ0) is 15.6. The zero-order valence-corrected chi connectivity index (χ0v) is 13.8. The molecule has 0 aliphatic heterocycles. The van der Waals surface area contributed by atoms with Crippen molar-refractivity contribution in [1.29, 1.82) is 5.26 Å². The van der Waals surface area contributed by atoms with Gasteiger partial charge in [-0.1, -0.05) is 6.92 Å². The molecule has 0 aliphatic carbocycles. The number of hydrogen-bond donors (Lipinski definition) is 1. The van der Waals surface area contributed by atoms with Gasteiger partial charge in [0.05, 0.1) is 18.4 Å². The molecule has 0 aliphatic rings. The number of aryl methyl sites for hydroxylation is 1. The fraction of sp³-hybridized carbons (Fsp3) is 0.200. The number of benzene rings is 1. The number of nitrogens with two attached hydrogens (primary N) is 1. The molecule has 0 bridgehead atoms. The van der Waals surface area contributed by atoms with Crippen molar-refractivity contribution in [3.63, 3.8) is 0 Å². The summed E-state index contributed by atoms with van der Waals surface area (Å²) in [5, 5.41) is 9.13. The van der Waals surface area contributed by atoms with Crippen LogP contribution >= 0.6 is 22.6 Å². The summed E-state index contributed by atoms with van der Waals surface area (Å²) in [6.07, 6.45) is 2.37. The number of carbonyl (C=O) groups is 1. The van der Waals surface area contributed by atoms with Gasteiger partial charge in [-0.15, -0.1) is 0 Å². The van der Waals surface area contributed by atoms with Gasteiger partial charge in [-0.3, -0.25) is 0 Å². The highest BCUT2D eigenvalue weighted by Gasteiger charge is 2.22. The lowest BCUT2D eigenvalue weighted by molar-refractivity contribution is 0.0593. The molecule has 1 aromatic carbocycles. The molecule has 0 fully saturated rings. The predicted octanol–water partition coefficient (Wildman–Crippen LogP) is 2.88. The molecule has 0 atom stereocenters. The Labute approximate surface area is 136 Å². The number of nitrogen functional groups attached to an aromatic ring is 1. The lowest BCUT2D eigenvalue weighted by Gasteiger charge is -2.13. The van der Waals surface area contributed by atoms with Gasteiger partial charge in [0.1, 0.15) is 6.07 Å². The summed E-state index contributed by atoms with van der Waals surface area (Å²) in [5.41, 5.74) is 8.38. The van der Waals surface area contributed by atoms with Crippen molar-refractivity contribution in [2.75, 3.05) is 12.8 Å². The third-order valence-corrected chi connectivity index (χ3v) is 3.90. The second kappa shape index (κ2) is 6.18. The van der Waals surface area contributed by atoms with Crippen molar-refractivity contribution in [3.05, 3.63) is 44.8 Å². The summed E-state index contributed by atoms with van der Waals surface area (Å²) in [7, 11) is 1.29. The maximum atomic E-state index is 12.0. The normalized spacial score (nSPS) is 10.2. The van der Waals surface area contributed by atoms with E-state index in [1.165, 1.54) is 7.11 Å². The average Bonchev–Trinajstić information content (AvgIpc) is 2.82. The Morgan fingerprint density at radius 3 is 2.81 bits per heavy atom. The van der Waals surface area contributed by atoms with Crippen molar-refractivity contribution >= 4 is 34.2 Å². The van der Waals surface area contributed by atoms with Crippen LogP contribution in [0.1, 0.15) is 28.5 Å². The van der Waals surface area contributed by atoms with E-state index in [4.69, 9.17) is 15.7 Å². The largest absolute Gasteiger partial charge is 0.464 e. The zero-order valence-electron chi connectivity index (χ0n) is 11.7. The fourth-order valence-corrected chi connectivity index (χ4v) is 2.73. The standard InChI is InChI=1S/C15H14IN3O2/c1-3-9-6-11(16)4-5-12(9)19-8-10(7-17)13(18)14(19)15(20)21-2/h4-6,8H,3,18H2,1-2H3. The van der Waals surface area contributed by atoms with Gasteiger partial charge >= 0.3 is 5.97 Å². The number of halogens is 1. The molecule has 108 valence electrons. The summed E-state index contributed by atoms with van der Waals surface area (Å²) < 4.78 is 7.52. The molecular weight excluding hydrogens is 381 g/mol. The first-order valence-corrected chi connectivity index (χ1v) is 7.39. The van der Waals surface area contributed by atoms with Gasteiger partial charge in [0.25, 0.3) is 0 Å². The van der Waals surface area contributed by atoms with E-state index in [1.807, 2.05) is 31.2 Å². The number of anilines is 1. The van der Waals surface area contributed by atoms with E-state index >= 15 is 0 Å². The van der Waals surface area contributed by atoms with E-state index in [-0.39, 0.29) is 16.9 Å². The van der Waals surface area contributed by atoms with E-state index in [0.29, 0.717) is 0 Å². The minimum absolute atomic E-state index is 0.143. The number of rotatable bonds is 3. The van der Waals surface area contributed by atoms with Crippen LogP contribution in [0, 0.1) is 14.9 Å². The Morgan fingerprint density at radius 2 is 2.24 bits per heavy atom. The summed E-state index contributed by atoms with van der Waals surface area (Å²) >= 11 is 2.24. The van der Waals surface area contributed by atoms with Crippen molar-refractivity contribution in [2.45, 2.75) is 13.3 Å².